The van der Waals surface area contributed by atoms with Crippen LogP contribution in [0.25, 0.3) is 5.57 Å². The fourth-order valence-corrected chi connectivity index (χ4v) is 1.74. The van der Waals surface area contributed by atoms with Crippen LogP contribution in [0.5, 0.6) is 0 Å². The van der Waals surface area contributed by atoms with Crippen molar-refractivity contribution in [2.45, 2.75) is 13.8 Å². The fourth-order valence-electron chi connectivity index (χ4n) is 1.74. The van der Waals surface area contributed by atoms with Gasteiger partial charge in [-0.25, -0.2) is 0 Å². The Kier molecular flexibility index (Phi) is 10.2. The molecule has 2 aromatic carbocycles. The molecule has 0 spiro atoms. The molecule has 0 unspecified atom stereocenters. The second kappa shape index (κ2) is 10.8. The first-order chi connectivity index (χ1) is 8.77. The molecule has 2 heteroatoms. The van der Waals surface area contributed by atoms with Gasteiger partial charge >= 0.3 is 0 Å². The van der Waals surface area contributed by atoms with E-state index in [0.29, 0.717) is 0 Å². The normalized spacial score (nSPS) is 9.42. The van der Waals surface area contributed by atoms with E-state index in [1.54, 1.807) is 0 Å². The van der Waals surface area contributed by atoms with Crippen molar-refractivity contribution >= 4 is 5.57 Å². The summed E-state index contributed by atoms with van der Waals surface area (Å²) in [7, 11) is 0. The van der Waals surface area contributed by atoms with Crippen LogP contribution in [0.4, 0.5) is 0 Å². The van der Waals surface area contributed by atoms with Crippen molar-refractivity contribution in [3.05, 3.63) is 66.7 Å². The van der Waals surface area contributed by atoms with Crippen molar-refractivity contribution in [2.75, 3.05) is 19.6 Å². The van der Waals surface area contributed by atoms with Crippen LogP contribution in [0.1, 0.15) is 19.4 Å². The molecule has 0 fully saturated rings. The molecule has 0 aromatic heterocycles. The summed E-state index contributed by atoms with van der Waals surface area (Å²) in [5.41, 5.74) is 2.49. The molecule has 0 radical (unpaired) electrons. The summed E-state index contributed by atoms with van der Waals surface area (Å²) in [6.07, 6.45) is 0. The summed E-state index contributed by atoms with van der Waals surface area (Å²) in [5, 5.41) is 0. The van der Waals surface area contributed by atoms with E-state index < -0.39 is 0 Å². The summed E-state index contributed by atoms with van der Waals surface area (Å²) in [5.74, 6) is 0. The molecular formula is C17H23FeN-6. The molecule has 0 amide bonds. The van der Waals surface area contributed by atoms with Gasteiger partial charge in [0, 0.05) is 23.6 Å². The molecule has 0 heterocycles. The van der Waals surface area contributed by atoms with E-state index in [9.17, 15) is 0 Å². The van der Waals surface area contributed by atoms with Gasteiger partial charge in [-0.2, -0.15) is 18.7 Å². The van der Waals surface area contributed by atoms with Gasteiger partial charge in [-0.05, 0) is 13.1 Å². The van der Waals surface area contributed by atoms with Crippen molar-refractivity contribution in [3.8, 4) is 0 Å². The Morgan fingerprint density at radius 3 is 1.79 bits per heavy atom. The number of hydrogen-bond donors (Lipinski definition) is 0. The van der Waals surface area contributed by atoms with Crippen LogP contribution >= 0.6 is 0 Å². The predicted molar refractivity (Wildman–Crippen MR) is 80.9 cm³/mol. The van der Waals surface area contributed by atoms with Gasteiger partial charge in [0.25, 0.3) is 0 Å². The number of hydrogen-bond acceptors (Lipinski definition) is 1. The molecule has 110 valence electrons. The topological polar surface area (TPSA) is 3.24 Å². The standard InChI is InChI=1S/C12H18N.C5H5.Fe/c1-4-13(5-2)10-11(3)12-8-6-7-9-12;1-2-4-5-3-1;/h6-9H,3-5,10H2,1-2H3;1-5H;/q-1;-5;. The van der Waals surface area contributed by atoms with E-state index in [0.717, 1.165) is 19.6 Å². The minimum atomic E-state index is 0. The molecule has 2 rings (SSSR count). The van der Waals surface area contributed by atoms with Gasteiger partial charge in [-0.1, -0.05) is 13.8 Å². The third-order valence-corrected chi connectivity index (χ3v) is 2.94. The molecule has 0 N–H and O–H groups in total. The summed E-state index contributed by atoms with van der Waals surface area (Å²) in [6.45, 7) is 11.6. The van der Waals surface area contributed by atoms with E-state index in [2.05, 4.69) is 49.6 Å². The SMILES string of the molecule is C=C(CN(CC)CC)[c-]1cccc1.[Fe].[cH-]1[cH-][cH-][cH-][cH-]1. The first kappa shape index (κ1) is 17.9. The smallest absolute Gasteiger partial charge is 0.00641 e. The van der Waals surface area contributed by atoms with E-state index in [-0.39, 0.29) is 17.1 Å². The first-order valence-electron chi connectivity index (χ1n) is 6.56. The summed E-state index contributed by atoms with van der Waals surface area (Å²) < 4.78 is 0. The average Bonchev–Trinajstić information content (AvgIpc) is 3.09. The van der Waals surface area contributed by atoms with Gasteiger partial charge in [0.1, 0.15) is 0 Å². The van der Waals surface area contributed by atoms with Crippen molar-refractivity contribution in [2.24, 2.45) is 0 Å². The van der Waals surface area contributed by atoms with Gasteiger partial charge < -0.3 is 35.2 Å². The zero-order valence-corrected chi connectivity index (χ0v) is 12.9. The number of rotatable bonds is 5. The van der Waals surface area contributed by atoms with E-state index in [1.807, 2.05) is 30.3 Å². The number of likely N-dealkylation sites (N-methyl/N-ethyl adjacent to an activating group) is 1. The largest absolute Gasteiger partial charge is 0.748 e. The van der Waals surface area contributed by atoms with Gasteiger partial charge in [-0.3, -0.25) is 0 Å². The maximum Gasteiger partial charge on any atom is 0.00641 e. The maximum atomic E-state index is 4.09. The Labute approximate surface area is 128 Å². The van der Waals surface area contributed by atoms with E-state index in [1.165, 1.54) is 11.1 Å². The molecule has 0 bridgehead atoms. The first-order valence-corrected chi connectivity index (χ1v) is 6.56. The van der Waals surface area contributed by atoms with Crippen LogP contribution in [-0.2, 0) is 17.1 Å². The third kappa shape index (κ3) is 7.17. The molecule has 0 saturated heterocycles. The quantitative estimate of drug-likeness (QED) is 0.591. The zero-order chi connectivity index (χ0) is 13.2. The van der Waals surface area contributed by atoms with Crippen molar-refractivity contribution in [1.29, 1.82) is 0 Å². The summed E-state index contributed by atoms with van der Waals surface area (Å²) >= 11 is 0. The zero-order valence-electron chi connectivity index (χ0n) is 11.8. The Morgan fingerprint density at radius 1 is 1.00 bits per heavy atom. The van der Waals surface area contributed by atoms with Crippen molar-refractivity contribution in [3.63, 3.8) is 0 Å². The van der Waals surface area contributed by atoms with Crippen molar-refractivity contribution < 1.29 is 17.1 Å². The second-order valence-corrected chi connectivity index (χ2v) is 4.20. The van der Waals surface area contributed by atoms with E-state index in [4.69, 9.17) is 0 Å². The van der Waals surface area contributed by atoms with Crippen LogP contribution < -0.4 is 0 Å². The van der Waals surface area contributed by atoms with Crippen LogP contribution in [0.2, 0.25) is 0 Å². The van der Waals surface area contributed by atoms with Gasteiger partial charge in [0.2, 0.25) is 0 Å². The van der Waals surface area contributed by atoms with E-state index >= 15 is 0 Å². The minimum Gasteiger partial charge on any atom is -0.748 e. The van der Waals surface area contributed by atoms with Gasteiger partial charge in [0.05, 0.1) is 0 Å². The Bertz CT molecular complexity index is 379. The summed E-state index contributed by atoms with van der Waals surface area (Å²) in [4.78, 5) is 2.37. The van der Waals surface area contributed by atoms with Crippen molar-refractivity contribution in [1.82, 2.24) is 4.90 Å². The van der Waals surface area contributed by atoms with Crippen LogP contribution in [0.15, 0.2) is 61.2 Å². The van der Waals surface area contributed by atoms with Gasteiger partial charge in [0.15, 0.2) is 0 Å². The molecule has 0 aliphatic carbocycles. The molecule has 0 aliphatic rings. The fraction of sp³-hybridized carbons (Fsp3) is 0.294. The predicted octanol–water partition coefficient (Wildman–Crippen LogP) is 4.16. The molecule has 0 saturated carbocycles. The third-order valence-electron chi connectivity index (χ3n) is 2.94. The molecule has 1 nitrogen and oxygen atoms in total. The molecular weight excluding hydrogens is 274 g/mol. The Morgan fingerprint density at radius 2 is 1.42 bits per heavy atom. The Balaban J connectivity index is 0.000000454. The molecule has 0 aliphatic heterocycles. The second-order valence-electron chi connectivity index (χ2n) is 4.20. The molecule has 2 aromatic rings. The summed E-state index contributed by atoms with van der Waals surface area (Å²) in [6, 6.07) is 18.4. The number of nitrogens with zero attached hydrogens (tertiary/aromatic N) is 1. The van der Waals surface area contributed by atoms with Crippen LogP contribution in [-0.4, -0.2) is 24.5 Å². The monoisotopic (exact) mass is 297 g/mol. The molecule has 0 atom stereocenters. The minimum absolute atomic E-state index is 0. The van der Waals surface area contributed by atoms with Gasteiger partial charge in [-0.15, -0.1) is 23.3 Å². The average molecular weight is 297 g/mol. The Hall–Kier alpha value is -1.08. The maximum absolute atomic E-state index is 4.09. The molecule has 19 heavy (non-hydrogen) atoms. The van der Waals surface area contributed by atoms with Crippen LogP contribution in [0, 0.1) is 0 Å². The van der Waals surface area contributed by atoms with Crippen LogP contribution in [0.3, 0.4) is 0 Å².